The number of fused-ring (bicyclic) bond motifs is 3. The molecule has 0 atom stereocenters. The first-order valence-electron chi connectivity index (χ1n) is 9.84. The van der Waals surface area contributed by atoms with Gasteiger partial charge in [0, 0.05) is 20.2 Å². The third kappa shape index (κ3) is 2.05. The van der Waals surface area contributed by atoms with Crippen LogP contribution in [0.3, 0.4) is 0 Å². The van der Waals surface area contributed by atoms with Gasteiger partial charge >= 0.3 is 0 Å². The van der Waals surface area contributed by atoms with Crippen LogP contribution >= 0.6 is 11.3 Å². The minimum atomic E-state index is -0.362. The van der Waals surface area contributed by atoms with E-state index in [0.29, 0.717) is 11.5 Å². The van der Waals surface area contributed by atoms with Gasteiger partial charge in [-0.1, -0.05) is 68.3 Å². The molecule has 1 heterocycles. The molecule has 0 nitrogen and oxygen atoms in total. The van der Waals surface area contributed by atoms with Crippen LogP contribution in [0.15, 0.2) is 66.6 Å². The van der Waals surface area contributed by atoms with Crippen molar-refractivity contribution in [2.75, 3.05) is 0 Å². The summed E-state index contributed by atoms with van der Waals surface area (Å²) in [7, 11) is 0. The Hall–Kier alpha value is -2.12. The van der Waals surface area contributed by atoms with E-state index in [0.717, 1.165) is 20.2 Å². The van der Waals surface area contributed by atoms with Crippen LogP contribution in [-0.2, 0) is 0 Å². The second kappa shape index (κ2) is 5.26. The lowest BCUT2D eigenvalue weighted by molar-refractivity contribution is 0.877. The Morgan fingerprint density at radius 2 is 1.55 bits per heavy atom. The van der Waals surface area contributed by atoms with Crippen molar-refractivity contribution >= 4 is 31.5 Å². The molecule has 0 radical (unpaired) electrons. The smallest absolute Gasteiger partial charge is 0.0629 e. The SMILES string of the molecule is [2H]c1c([2H])c([2H])c(-c2cccc3sc4cccc(C(C)C)c4c23)c([2H])c1[2H]. The van der Waals surface area contributed by atoms with Crippen LogP contribution in [0.2, 0.25) is 0 Å². The molecule has 0 unspecified atom stereocenters. The second-order valence-corrected chi connectivity index (χ2v) is 6.74. The summed E-state index contributed by atoms with van der Waals surface area (Å²) in [4.78, 5) is 0. The molecule has 0 bridgehead atoms. The molecule has 0 amide bonds. The van der Waals surface area contributed by atoms with Crippen molar-refractivity contribution in [3.05, 3.63) is 72.2 Å². The number of hydrogen-bond acceptors (Lipinski definition) is 1. The molecule has 0 aliphatic rings. The maximum absolute atomic E-state index is 8.38. The van der Waals surface area contributed by atoms with Gasteiger partial charge in [0.15, 0.2) is 0 Å². The van der Waals surface area contributed by atoms with Gasteiger partial charge in [0.1, 0.15) is 0 Å². The molecule has 108 valence electrons. The maximum Gasteiger partial charge on any atom is 0.0629 e. The molecule has 0 aliphatic heterocycles. The normalized spacial score (nSPS) is 14.8. The number of rotatable bonds is 2. The Bertz CT molecular complexity index is 1180. The predicted octanol–water partition coefficient (Wildman–Crippen LogP) is 6.84. The molecule has 0 saturated carbocycles. The summed E-state index contributed by atoms with van der Waals surface area (Å²) < 4.78 is 42.9. The first-order valence-corrected chi connectivity index (χ1v) is 8.16. The summed E-state index contributed by atoms with van der Waals surface area (Å²) in [5.74, 6) is 0.319. The number of thiophene rings is 1. The fourth-order valence-electron chi connectivity index (χ4n) is 2.97. The molecule has 0 aliphatic carbocycles. The topological polar surface area (TPSA) is 0 Å². The Morgan fingerprint density at radius 1 is 0.864 bits per heavy atom. The summed E-state index contributed by atoms with van der Waals surface area (Å²) in [6, 6.07) is 10.7. The summed E-state index contributed by atoms with van der Waals surface area (Å²) >= 11 is 1.67. The van der Waals surface area contributed by atoms with Crippen LogP contribution in [-0.4, -0.2) is 0 Å². The fraction of sp³-hybridized carbons (Fsp3) is 0.143. The first-order chi connectivity index (χ1) is 12.8. The molecular formula is C21H18S. The van der Waals surface area contributed by atoms with E-state index in [1.54, 1.807) is 11.3 Å². The monoisotopic (exact) mass is 307 g/mol. The van der Waals surface area contributed by atoms with Crippen LogP contribution < -0.4 is 0 Å². The van der Waals surface area contributed by atoms with Crippen molar-refractivity contribution in [2.24, 2.45) is 0 Å². The molecule has 1 aromatic heterocycles. The van der Waals surface area contributed by atoms with Gasteiger partial charge in [-0.3, -0.25) is 0 Å². The van der Waals surface area contributed by atoms with Gasteiger partial charge in [-0.05, 0) is 34.7 Å². The van der Waals surface area contributed by atoms with Crippen LogP contribution in [0, 0.1) is 0 Å². The van der Waals surface area contributed by atoms with Crippen molar-refractivity contribution in [2.45, 2.75) is 19.8 Å². The zero-order chi connectivity index (χ0) is 19.5. The zero-order valence-corrected chi connectivity index (χ0v) is 13.3. The molecule has 0 spiro atoms. The average Bonchev–Trinajstić information content (AvgIpc) is 3.04. The number of benzene rings is 3. The van der Waals surface area contributed by atoms with E-state index in [-0.39, 0.29) is 35.8 Å². The lowest BCUT2D eigenvalue weighted by Gasteiger charge is -2.10. The average molecular weight is 307 g/mol. The van der Waals surface area contributed by atoms with E-state index in [1.807, 2.05) is 18.2 Å². The highest BCUT2D eigenvalue weighted by Gasteiger charge is 2.14. The molecule has 0 saturated heterocycles. The lowest BCUT2D eigenvalue weighted by Crippen LogP contribution is -1.88. The Labute approximate surface area is 142 Å². The van der Waals surface area contributed by atoms with Gasteiger partial charge in [-0.2, -0.15) is 0 Å². The van der Waals surface area contributed by atoms with Crippen molar-refractivity contribution in [1.29, 1.82) is 0 Å². The van der Waals surface area contributed by atoms with Crippen molar-refractivity contribution < 1.29 is 6.85 Å². The minimum absolute atomic E-state index is 0.158. The molecule has 22 heavy (non-hydrogen) atoms. The second-order valence-electron chi connectivity index (χ2n) is 5.66. The van der Waals surface area contributed by atoms with E-state index in [1.165, 1.54) is 5.56 Å². The van der Waals surface area contributed by atoms with Crippen molar-refractivity contribution in [3.63, 3.8) is 0 Å². The van der Waals surface area contributed by atoms with E-state index < -0.39 is 0 Å². The van der Waals surface area contributed by atoms with Crippen LogP contribution in [0.4, 0.5) is 0 Å². The van der Waals surface area contributed by atoms with Crippen molar-refractivity contribution in [1.82, 2.24) is 0 Å². The fourth-order valence-corrected chi connectivity index (χ4v) is 4.13. The van der Waals surface area contributed by atoms with Crippen LogP contribution in [0.1, 0.15) is 32.2 Å². The van der Waals surface area contributed by atoms with E-state index in [9.17, 15) is 0 Å². The first kappa shape index (κ1) is 9.12. The van der Waals surface area contributed by atoms with Gasteiger partial charge in [-0.25, -0.2) is 0 Å². The Balaban J connectivity index is 2.22. The lowest BCUT2D eigenvalue weighted by atomic mass is 9.93. The highest BCUT2D eigenvalue weighted by molar-refractivity contribution is 7.26. The summed E-state index contributed by atoms with van der Waals surface area (Å²) in [5, 5.41) is 2.09. The summed E-state index contributed by atoms with van der Waals surface area (Å²) in [6.45, 7) is 4.29. The minimum Gasteiger partial charge on any atom is -0.135 e. The van der Waals surface area contributed by atoms with E-state index in [4.69, 9.17) is 6.85 Å². The standard InChI is InChI=1S/C21H18S/c1-14(2)16-10-6-12-18-20(16)21-17(11-7-13-19(21)22-18)15-8-4-3-5-9-15/h3-14H,1-2H3/i3D,4D,5D,8D,9D. The van der Waals surface area contributed by atoms with E-state index >= 15 is 0 Å². The Kier molecular flexibility index (Phi) is 2.18. The quantitative estimate of drug-likeness (QED) is 0.380. The number of hydrogen-bond donors (Lipinski definition) is 0. The predicted molar refractivity (Wildman–Crippen MR) is 98.9 cm³/mol. The molecule has 1 heteroatoms. The molecule has 3 aromatic carbocycles. The van der Waals surface area contributed by atoms with Crippen molar-refractivity contribution in [3.8, 4) is 11.1 Å². The highest BCUT2D eigenvalue weighted by Crippen LogP contribution is 2.42. The zero-order valence-electron chi connectivity index (χ0n) is 17.4. The van der Waals surface area contributed by atoms with Crippen LogP contribution in [0.25, 0.3) is 31.3 Å². The van der Waals surface area contributed by atoms with Gasteiger partial charge in [-0.15, -0.1) is 11.3 Å². The van der Waals surface area contributed by atoms with Gasteiger partial charge in [0.25, 0.3) is 0 Å². The van der Waals surface area contributed by atoms with E-state index in [2.05, 4.69) is 32.0 Å². The third-order valence-corrected chi connectivity index (χ3v) is 5.07. The third-order valence-electron chi connectivity index (χ3n) is 3.95. The summed E-state index contributed by atoms with van der Waals surface area (Å²) in [5.41, 5.74) is 2.17. The largest absolute Gasteiger partial charge is 0.135 e. The van der Waals surface area contributed by atoms with Gasteiger partial charge in [0.2, 0.25) is 0 Å². The summed E-state index contributed by atoms with van der Waals surface area (Å²) in [6.07, 6.45) is 0. The highest BCUT2D eigenvalue weighted by atomic mass is 32.1. The van der Waals surface area contributed by atoms with Gasteiger partial charge in [0.05, 0.1) is 6.85 Å². The Morgan fingerprint density at radius 3 is 2.27 bits per heavy atom. The molecule has 0 N–H and O–H groups in total. The molecule has 4 rings (SSSR count). The van der Waals surface area contributed by atoms with Crippen LogP contribution in [0.5, 0.6) is 0 Å². The maximum atomic E-state index is 8.38. The molecule has 0 fully saturated rings. The molecular weight excluding hydrogens is 284 g/mol. The molecule has 4 aromatic rings. The van der Waals surface area contributed by atoms with Gasteiger partial charge < -0.3 is 0 Å².